The third-order valence-electron chi connectivity index (χ3n) is 4.70. The van der Waals surface area contributed by atoms with E-state index >= 15 is 0 Å². The molecule has 1 aliphatic heterocycles. The van der Waals surface area contributed by atoms with Crippen LogP contribution in [0.25, 0.3) is 0 Å². The lowest BCUT2D eigenvalue weighted by atomic mass is 10.2. The highest BCUT2D eigenvalue weighted by Gasteiger charge is 2.37. The average molecular weight is 418 g/mol. The Balaban J connectivity index is 1.99. The standard InChI is InChI=1S/C21H23NO4S2/c1-3-7-18-12-13-19(16-27(23,24)20-8-5-4-6-9-20)22(18)28(25,26)21-14-10-17(2)11-15-21/h3-6,8-11,13-15,18H,1,7,12,16H2,2H3. The average Bonchev–Trinajstić information content (AvgIpc) is 3.05. The lowest BCUT2D eigenvalue weighted by molar-refractivity contribution is 0.406. The van der Waals surface area contributed by atoms with Crippen LogP contribution in [0, 0.1) is 6.92 Å². The summed E-state index contributed by atoms with van der Waals surface area (Å²) in [6.45, 7) is 5.59. The number of sulfonamides is 1. The Labute approximate surface area is 167 Å². The van der Waals surface area contributed by atoms with Crippen LogP contribution in [0.1, 0.15) is 18.4 Å². The molecule has 2 aromatic rings. The Hall–Kier alpha value is -2.38. The van der Waals surface area contributed by atoms with Crippen molar-refractivity contribution in [2.75, 3.05) is 5.75 Å². The van der Waals surface area contributed by atoms with Gasteiger partial charge in [0.1, 0.15) is 0 Å². The van der Waals surface area contributed by atoms with Gasteiger partial charge in [0.15, 0.2) is 9.84 Å². The number of hydrogen-bond donors (Lipinski definition) is 0. The Morgan fingerprint density at radius 2 is 1.64 bits per heavy atom. The molecule has 0 spiro atoms. The van der Waals surface area contributed by atoms with Crippen molar-refractivity contribution >= 4 is 19.9 Å². The Morgan fingerprint density at radius 3 is 2.25 bits per heavy atom. The van der Waals surface area contributed by atoms with Gasteiger partial charge in [-0.05, 0) is 44.0 Å². The van der Waals surface area contributed by atoms with Crippen LogP contribution in [0.3, 0.4) is 0 Å². The van der Waals surface area contributed by atoms with Crippen LogP contribution in [-0.2, 0) is 19.9 Å². The van der Waals surface area contributed by atoms with E-state index in [-0.39, 0.29) is 27.3 Å². The largest absolute Gasteiger partial charge is 0.266 e. The van der Waals surface area contributed by atoms with E-state index < -0.39 is 19.9 Å². The van der Waals surface area contributed by atoms with E-state index in [0.29, 0.717) is 12.8 Å². The second-order valence-corrected chi connectivity index (χ2v) is 10.6. The lowest BCUT2D eigenvalue weighted by Gasteiger charge is -2.29. The fourth-order valence-electron chi connectivity index (χ4n) is 3.28. The molecule has 1 heterocycles. The third kappa shape index (κ3) is 4.05. The van der Waals surface area contributed by atoms with Crippen LogP contribution in [0.15, 0.2) is 88.8 Å². The summed E-state index contributed by atoms with van der Waals surface area (Å²) in [6.07, 6.45) is 4.26. The summed E-state index contributed by atoms with van der Waals surface area (Å²) in [5.74, 6) is -0.365. The molecule has 0 saturated heterocycles. The van der Waals surface area contributed by atoms with Crippen molar-refractivity contribution in [2.24, 2.45) is 0 Å². The van der Waals surface area contributed by atoms with E-state index in [1.54, 1.807) is 54.6 Å². The maximum absolute atomic E-state index is 13.3. The highest BCUT2D eigenvalue weighted by Crippen LogP contribution is 2.33. The summed E-state index contributed by atoms with van der Waals surface area (Å²) in [6, 6.07) is 14.3. The molecule has 148 valence electrons. The van der Waals surface area contributed by atoms with Gasteiger partial charge in [0, 0.05) is 5.70 Å². The fraction of sp³-hybridized carbons (Fsp3) is 0.238. The SMILES string of the molecule is C=CCC1CC=C(CS(=O)(=O)c2ccccc2)N1S(=O)(=O)c1ccc(C)cc1. The van der Waals surface area contributed by atoms with Crippen LogP contribution < -0.4 is 0 Å². The van der Waals surface area contributed by atoms with E-state index in [1.165, 1.54) is 16.4 Å². The smallest absolute Gasteiger partial charge is 0.264 e. The molecule has 0 aromatic heterocycles. The van der Waals surface area contributed by atoms with Crippen molar-refractivity contribution in [2.45, 2.75) is 35.6 Å². The van der Waals surface area contributed by atoms with Gasteiger partial charge in [0.2, 0.25) is 0 Å². The molecule has 1 atom stereocenters. The normalized spacial score (nSPS) is 17.4. The van der Waals surface area contributed by atoms with Gasteiger partial charge in [-0.15, -0.1) is 6.58 Å². The van der Waals surface area contributed by atoms with Gasteiger partial charge in [0.25, 0.3) is 10.0 Å². The zero-order chi connectivity index (χ0) is 20.4. The van der Waals surface area contributed by atoms with Gasteiger partial charge >= 0.3 is 0 Å². The summed E-state index contributed by atoms with van der Waals surface area (Å²) in [4.78, 5) is 0.327. The number of aryl methyl sites for hydroxylation is 1. The second-order valence-electron chi connectivity index (χ2n) is 6.80. The fourth-order valence-corrected chi connectivity index (χ4v) is 6.47. The molecule has 3 rings (SSSR count). The molecule has 0 aliphatic carbocycles. The molecule has 0 fully saturated rings. The third-order valence-corrected chi connectivity index (χ3v) is 8.28. The number of benzene rings is 2. The van der Waals surface area contributed by atoms with Crippen molar-refractivity contribution in [3.63, 3.8) is 0 Å². The number of sulfone groups is 1. The highest BCUT2D eigenvalue weighted by atomic mass is 32.2. The van der Waals surface area contributed by atoms with Crippen molar-refractivity contribution in [3.8, 4) is 0 Å². The van der Waals surface area contributed by atoms with Crippen molar-refractivity contribution < 1.29 is 16.8 Å². The Kier molecular flexibility index (Phi) is 5.76. The molecule has 0 bridgehead atoms. The number of rotatable bonds is 7. The molecule has 5 nitrogen and oxygen atoms in total. The molecule has 2 aromatic carbocycles. The van der Waals surface area contributed by atoms with Crippen LogP contribution in [0.4, 0.5) is 0 Å². The molecule has 1 unspecified atom stereocenters. The summed E-state index contributed by atoms with van der Waals surface area (Å²) in [5.41, 5.74) is 1.24. The minimum atomic E-state index is -3.88. The molecular formula is C21H23NO4S2. The molecule has 0 amide bonds. The molecule has 28 heavy (non-hydrogen) atoms. The quantitative estimate of drug-likeness (QED) is 0.644. The van der Waals surface area contributed by atoms with Gasteiger partial charge in [0.05, 0.1) is 21.6 Å². The van der Waals surface area contributed by atoms with Crippen molar-refractivity contribution in [3.05, 3.63) is 84.6 Å². The maximum Gasteiger partial charge on any atom is 0.264 e. The van der Waals surface area contributed by atoms with E-state index in [9.17, 15) is 16.8 Å². The van der Waals surface area contributed by atoms with Crippen LogP contribution in [0.2, 0.25) is 0 Å². The zero-order valence-electron chi connectivity index (χ0n) is 15.7. The molecule has 7 heteroatoms. The Bertz CT molecular complexity index is 1090. The molecule has 0 radical (unpaired) electrons. The highest BCUT2D eigenvalue weighted by molar-refractivity contribution is 7.92. The summed E-state index contributed by atoms with van der Waals surface area (Å²) < 4.78 is 53.6. The number of hydrogen-bond acceptors (Lipinski definition) is 4. The summed E-state index contributed by atoms with van der Waals surface area (Å²) in [5, 5.41) is 0. The second kappa shape index (κ2) is 7.93. The maximum atomic E-state index is 13.3. The van der Waals surface area contributed by atoms with Gasteiger partial charge < -0.3 is 0 Å². The van der Waals surface area contributed by atoms with E-state index in [0.717, 1.165) is 5.56 Å². The first-order valence-corrected chi connectivity index (χ1v) is 12.0. The molecule has 0 N–H and O–H groups in total. The van der Waals surface area contributed by atoms with E-state index in [1.807, 2.05) is 6.92 Å². The van der Waals surface area contributed by atoms with Crippen LogP contribution in [0.5, 0.6) is 0 Å². The predicted molar refractivity (Wildman–Crippen MR) is 110 cm³/mol. The first-order valence-electron chi connectivity index (χ1n) is 8.94. The predicted octanol–water partition coefficient (Wildman–Crippen LogP) is 3.69. The lowest BCUT2D eigenvalue weighted by Crippen LogP contribution is -2.37. The topological polar surface area (TPSA) is 71.5 Å². The van der Waals surface area contributed by atoms with Gasteiger partial charge in [-0.1, -0.05) is 48.0 Å². The molecule has 0 saturated carbocycles. The first kappa shape index (κ1) is 20.4. The zero-order valence-corrected chi connectivity index (χ0v) is 17.3. The number of nitrogens with zero attached hydrogens (tertiary/aromatic N) is 1. The monoisotopic (exact) mass is 417 g/mol. The van der Waals surface area contributed by atoms with Crippen LogP contribution >= 0.6 is 0 Å². The Morgan fingerprint density at radius 1 is 1.00 bits per heavy atom. The van der Waals surface area contributed by atoms with Gasteiger partial charge in [-0.2, -0.15) is 0 Å². The van der Waals surface area contributed by atoms with Gasteiger partial charge in [-0.25, -0.2) is 16.8 Å². The van der Waals surface area contributed by atoms with Crippen molar-refractivity contribution in [1.82, 2.24) is 4.31 Å². The minimum absolute atomic E-state index is 0.150. The molecular weight excluding hydrogens is 394 g/mol. The van der Waals surface area contributed by atoms with E-state index in [2.05, 4.69) is 6.58 Å². The van der Waals surface area contributed by atoms with E-state index in [4.69, 9.17) is 0 Å². The summed E-state index contributed by atoms with van der Waals surface area (Å²) >= 11 is 0. The first-order chi connectivity index (χ1) is 13.3. The molecule has 1 aliphatic rings. The van der Waals surface area contributed by atoms with Gasteiger partial charge in [-0.3, -0.25) is 4.31 Å². The van der Waals surface area contributed by atoms with Crippen LogP contribution in [-0.4, -0.2) is 32.9 Å². The minimum Gasteiger partial charge on any atom is -0.266 e. The van der Waals surface area contributed by atoms with Crippen molar-refractivity contribution in [1.29, 1.82) is 0 Å². The summed E-state index contributed by atoms with van der Waals surface area (Å²) in [7, 11) is -7.54.